The summed E-state index contributed by atoms with van der Waals surface area (Å²) < 4.78 is 0. The van der Waals surface area contributed by atoms with E-state index in [4.69, 9.17) is 0 Å². The van der Waals surface area contributed by atoms with E-state index >= 15 is 0 Å². The van der Waals surface area contributed by atoms with E-state index in [1.54, 1.807) is 0 Å². The maximum atomic E-state index is 13.1. The molecule has 0 aliphatic heterocycles. The first-order valence-corrected chi connectivity index (χ1v) is 7.01. The Morgan fingerprint density at radius 1 is 1.05 bits per heavy atom. The number of hydrogen-bond donors (Lipinski definition) is 0. The number of hydrogen-bond acceptors (Lipinski definition) is 2. The van der Waals surface area contributed by atoms with Crippen LogP contribution in [0.25, 0.3) is 0 Å². The van der Waals surface area contributed by atoms with Gasteiger partial charge in [0.15, 0.2) is 5.78 Å². The van der Waals surface area contributed by atoms with Gasteiger partial charge in [0.05, 0.1) is 5.41 Å². The zero-order valence-electron chi connectivity index (χ0n) is 11.6. The molecule has 0 aromatic heterocycles. The van der Waals surface area contributed by atoms with Crippen molar-refractivity contribution < 1.29 is 9.59 Å². The fourth-order valence-electron chi connectivity index (χ4n) is 5.45. The van der Waals surface area contributed by atoms with Crippen LogP contribution in [-0.4, -0.2) is 11.6 Å². The monoisotopic (exact) mass is 254 g/mol. The smallest absolute Gasteiger partial charge is 0.150 e. The van der Waals surface area contributed by atoms with Crippen LogP contribution in [0.4, 0.5) is 0 Å². The molecule has 2 nitrogen and oxygen atoms in total. The minimum absolute atomic E-state index is 0.0646. The van der Waals surface area contributed by atoms with Crippen LogP contribution in [0.5, 0.6) is 0 Å². The van der Waals surface area contributed by atoms with Gasteiger partial charge in [-0.1, -0.05) is 51.1 Å². The van der Waals surface area contributed by atoms with Crippen LogP contribution >= 0.6 is 0 Å². The highest BCUT2D eigenvalue weighted by atomic mass is 16.1. The van der Waals surface area contributed by atoms with Gasteiger partial charge in [-0.3, -0.25) is 9.59 Å². The number of Topliss-reactive ketones (excluding diaryl/α,β-unsaturated/α-hetero) is 2. The molecule has 1 aromatic rings. The van der Waals surface area contributed by atoms with E-state index in [-0.39, 0.29) is 28.4 Å². The maximum Gasteiger partial charge on any atom is 0.150 e. The van der Waals surface area contributed by atoms with Gasteiger partial charge >= 0.3 is 0 Å². The van der Waals surface area contributed by atoms with Crippen molar-refractivity contribution in [2.75, 3.05) is 0 Å². The fraction of sp³-hybridized carbons (Fsp3) is 0.529. The van der Waals surface area contributed by atoms with Crippen molar-refractivity contribution >= 4 is 11.6 Å². The van der Waals surface area contributed by atoms with Gasteiger partial charge in [0, 0.05) is 17.8 Å². The van der Waals surface area contributed by atoms with Crippen molar-refractivity contribution in [3.8, 4) is 0 Å². The highest BCUT2D eigenvalue weighted by molar-refractivity contribution is 6.11. The second-order valence-electron chi connectivity index (χ2n) is 7.24. The lowest BCUT2D eigenvalue weighted by atomic mass is 9.73. The molecule has 1 aromatic carbocycles. The summed E-state index contributed by atoms with van der Waals surface area (Å²) in [5, 5.41) is 0. The third-order valence-corrected chi connectivity index (χ3v) is 6.14. The van der Waals surface area contributed by atoms with Gasteiger partial charge in [-0.15, -0.1) is 0 Å². The zero-order valence-corrected chi connectivity index (χ0v) is 11.6. The van der Waals surface area contributed by atoms with Crippen molar-refractivity contribution in [1.82, 2.24) is 0 Å². The van der Waals surface area contributed by atoms with Crippen molar-refractivity contribution in [2.45, 2.75) is 32.6 Å². The van der Waals surface area contributed by atoms with E-state index < -0.39 is 5.41 Å². The zero-order chi connectivity index (χ0) is 13.6. The molecule has 0 bridgehead atoms. The Bertz CT molecular complexity index is 615. The van der Waals surface area contributed by atoms with Gasteiger partial charge in [0.1, 0.15) is 5.78 Å². The van der Waals surface area contributed by atoms with Crippen LogP contribution in [0.1, 0.15) is 32.8 Å². The molecule has 0 unspecified atom stereocenters. The Balaban J connectivity index is 1.97. The predicted octanol–water partition coefficient (Wildman–Crippen LogP) is 2.76. The SMILES string of the molecule is CC1(C)C(=O)[C@]2(c3ccccc3)[C@@H]3[C@H]1C(=O)C[C@@]32C. The summed E-state index contributed by atoms with van der Waals surface area (Å²) in [7, 11) is 0. The summed E-state index contributed by atoms with van der Waals surface area (Å²) in [6.45, 7) is 6.05. The number of carbonyl (C=O) groups excluding carboxylic acids is 2. The molecule has 0 amide bonds. The minimum Gasteiger partial charge on any atom is -0.299 e. The second-order valence-corrected chi connectivity index (χ2v) is 7.24. The first kappa shape index (κ1) is 11.4. The number of rotatable bonds is 1. The summed E-state index contributed by atoms with van der Waals surface area (Å²) in [5.74, 6) is 0.757. The first-order chi connectivity index (χ1) is 8.88. The lowest BCUT2D eigenvalue weighted by Gasteiger charge is -2.27. The third-order valence-electron chi connectivity index (χ3n) is 6.14. The lowest BCUT2D eigenvalue weighted by molar-refractivity contribution is -0.132. The van der Waals surface area contributed by atoms with Crippen LogP contribution < -0.4 is 0 Å². The molecule has 0 heterocycles. The Morgan fingerprint density at radius 3 is 2.32 bits per heavy atom. The standard InChI is InChI=1S/C17H18O2/c1-15(2)12-11(18)9-16(3)13(12)17(16,14(15)19)10-7-5-4-6-8-10/h4-8,12-13H,9H2,1-3H3/t12-,13-,16+,17+/m1/s1. The Morgan fingerprint density at radius 2 is 1.68 bits per heavy atom. The van der Waals surface area contributed by atoms with Crippen LogP contribution in [0.15, 0.2) is 30.3 Å². The van der Waals surface area contributed by atoms with Crippen LogP contribution in [0.3, 0.4) is 0 Å². The molecule has 19 heavy (non-hydrogen) atoms. The highest BCUT2D eigenvalue weighted by Crippen LogP contribution is 2.85. The van der Waals surface area contributed by atoms with E-state index in [1.165, 1.54) is 0 Å². The quantitative estimate of drug-likeness (QED) is 0.772. The average molecular weight is 254 g/mol. The van der Waals surface area contributed by atoms with Gasteiger partial charge in [0.25, 0.3) is 0 Å². The number of ketones is 2. The average Bonchev–Trinajstić information content (AvgIpc) is 2.65. The summed E-state index contributed by atoms with van der Waals surface area (Å²) in [6.07, 6.45) is 0.576. The van der Waals surface area contributed by atoms with E-state index in [0.29, 0.717) is 12.2 Å². The molecule has 4 atom stereocenters. The molecule has 4 rings (SSSR count). The topological polar surface area (TPSA) is 34.1 Å². The Kier molecular flexibility index (Phi) is 1.70. The molecule has 3 fully saturated rings. The molecule has 0 radical (unpaired) electrons. The van der Waals surface area contributed by atoms with E-state index in [1.807, 2.05) is 32.0 Å². The summed E-state index contributed by atoms with van der Waals surface area (Å²) in [6, 6.07) is 10.1. The van der Waals surface area contributed by atoms with Gasteiger partial charge in [-0.25, -0.2) is 0 Å². The van der Waals surface area contributed by atoms with Gasteiger partial charge < -0.3 is 0 Å². The molecular weight excluding hydrogens is 236 g/mol. The second kappa shape index (κ2) is 2.84. The normalized spacial score (nSPS) is 45.4. The third kappa shape index (κ3) is 0.897. The molecule has 2 heteroatoms. The molecule has 0 N–H and O–H groups in total. The first-order valence-electron chi connectivity index (χ1n) is 7.01. The number of fused-ring (bicyclic) bond motifs is 1. The van der Waals surface area contributed by atoms with Crippen LogP contribution in [0.2, 0.25) is 0 Å². The molecule has 98 valence electrons. The van der Waals surface area contributed by atoms with Crippen LogP contribution in [-0.2, 0) is 15.0 Å². The maximum absolute atomic E-state index is 13.1. The predicted molar refractivity (Wildman–Crippen MR) is 71.6 cm³/mol. The number of carbonyl (C=O) groups is 2. The van der Waals surface area contributed by atoms with Gasteiger partial charge in [0.2, 0.25) is 0 Å². The minimum atomic E-state index is -0.492. The van der Waals surface area contributed by atoms with Crippen LogP contribution in [0, 0.1) is 22.7 Å². The number of benzene rings is 1. The van der Waals surface area contributed by atoms with Gasteiger partial charge in [-0.2, -0.15) is 0 Å². The van der Waals surface area contributed by atoms with Crippen molar-refractivity contribution in [2.24, 2.45) is 22.7 Å². The van der Waals surface area contributed by atoms with E-state index in [2.05, 4.69) is 19.1 Å². The summed E-state index contributed by atoms with van der Waals surface area (Å²) >= 11 is 0. The van der Waals surface area contributed by atoms with Crippen molar-refractivity contribution in [3.63, 3.8) is 0 Å². The van der Waals surface area contributed by atoms with Gasteiger partial charge in [-0.05, 0) is 16.9 Å². The van der Waals surface area contributed by atoms with E-state index in [0.717, 1.165) is 5.56 Å². The van der Waals surface area contributed by atoms with Crippen molar-refractivity contribution in [3.05, 3.63) is 35.9 Å². The highest BCUT2D eigenvalue weighted by Gasteiger charge is 2.91. The van der Waals surface area contributed by atoms with Crippen molar-refractivity contribution in [1.29, 1.82) is 0 Å². The largest absolute Gasteiger partial charge is 0.299 e. The lowest BCUT2D eigenvalue weighted by Crippen LogP contribution is -2.36. The molecule has 3 saturated carbocycles. The van der Waals surface area contributed by atoms with E-state index in [9.17, 15) is 9.59 Å². The Labute approximate surface area is 113 Å². The fourth-order valence-corrected chi connectivity index (χ4v) is 5.45. The molecule has 3 aliphatic rings. The Hall–Kier alpha value is -1.44. The molecule has 3 aliphatic carbocycles. The molecular formula is C17H18O2. The molecule has 0 saturated heterocycles. The summed E-state index contributed by atoms with van der Waals surface area (Å²) in [4.78, 5) is 25.3. The molecule has 0 spiro atoms. The summed E-state index contributed by atoms with van der Waals surface area (Å²) in [5.41, 5.74) is 0.127.